The number of benzene rings is 2. The van der Waals surface area contributed by atoms with E-state index in [1.807, 2.05) is 20.8 Å². The van der Waals surface area contributed by atoms with E-state index < -0.39 is 17.6 Å². The quantitative estimate of drug-likeness (QED) is 0.242. The summed E-state index contributed by atoms with van der Waals surface area (Å²) >= 11 is 1.15. The predicted molar refractivity (Wildman–Crippen MR) is 142 cm³/mol. The van der Waals surface area contributed by atoms with Gasteiger partial charge in [-0.05, 0) is 46.8 Å². The average molecular weight is 558 g/mol. The van der Waals surface area contributed by atoms with Gasteiger partial charge in [0.15, 0.2) is 5.82 Å². The number of amides is 2. The standard InChI is InChI=1S/C28H26F3N3O4S/c1-27(2,3)22-15-23(34-38-22)33-24(35)14-17-7-9-20(10-8-17)32-26(36)25-21(11-12-39-25)37-16-18-5-4-6-19(13-18)28(29,30)31/h4-13,15H,14,16H2,1-3H3,(H,32,36)(H,33,34,35). The van der Waals surface area contributed by atoms with Gasteiger partial charge in [-0.3, -0.25) is 9.59 Å². The highest BCUT2D eigenvalue weighted by Crippen LogP contribution is 2.31. The van der Waals surface area contributed by atoms with E-state index in [2.05, 4.69) is 15.8 Å². The maximum Gasteiger partial charge on any atom is 0.416 e. The van der Waals surface area contributed by atoms with Gasteiger partial charge in [-0.1, -0.05) is 50.2 Å². The molecule has 0 radical (unpaired) electrons. The van der Waals surface area contributed by atoms with Crippen LogP contribution in [0.25, 0.3) is 0 Å². The van der Waals surface area contributed by atoms with Gasteiger partial charge in [0.25, 0.3) is 5.91 Å². The van der Waals surface area contributed by atoms with Crippen LogP contribution >= 0.6 is 11.3 Å². The minimum atomic E-state index is -4.45. The smallest absolute Gasteiger partial charge is 0.416 e. The normalized spacial score (nSPS) is 11.7. The number of alkyl halides is 3. The molecule has 204 valence electrons. The minimum absolute atomic E-state index is 0.102. The van der Waals surface area contributed by atoms with Crippen molar-refractivity contribution >= 4 is 34.7 Å². The summed E-state index contributed by atoms with van der Waals surface area (Å²) in [5.74, 6) is 0.589. The molecule has 11 heteroatoms. The molecule has 2 amide bonds. The van der Waals surface area contributed by atoms with Crippen molar-refractivity contribution in [2.75, 3.05) is 10.6 Å². The van der Waals surface area contributed by atoms with E-state index in [0.717, 1.165) is 29.0 Å². The number of hydrogen-bond acceptors (Lipinski definition) is 6. The van der Waals surface area contributed by atoms with Crippen LogP contribution in [0.15, 0.2) is 70.6 Å². The zero-order chi connectivity index (χ0) is 28.2. The van der Waals surface area contributed by atoms with Crippen LogP contribution in [-0.2, 0) is 29.4 Å². The van der Waals surface area contributed by atoms with E-state index in [1.54, 1.807) is 41.8 Å². The lowest BCUT2D eigenvalue weighted by Gasteiger charge is -2.12. The number of hydrogen-bond donors (Lipinski definition) is 2. The van der Waals surface area contributed by atoms with E-state index in [1.165, 1.54) is 12.1 Å². The van der Waals surface area contributed by atoms with Gasteiger partial charge < -0.3 is 19.9 Å². The number of nitrogens with zero attached hydrogens (tertiary/aromatic N) is 1. The fourth-order valence-corrected chi connectivity index (χ4v) is 4.26. The Kier molecular flexibility index (Phi) is 8.10. The van der Waals surface area contributed by atoms with Crippen molar-refractivity contribution in [3.63, 3.8) is 0 Å². The Morgan fingerprint density at radius 1 is 0.974 bits per heavy atom. The first-order chi connectivity index (χ1) is 18.4. The lowest BCUT2D eigenvalue weighted by molar-refractivity contribution is -0.137. The Balaban J connectivity index is 1.32. The number of nitrogens with one attached hydrogen (secondary N) is 2. The lowest BCUT2D eigenvalue weighted by Crippen LogP contribution is -2.15. The summed E-state index contributed by atoms with van der Waals surface area (Å²) in [6, 6.07) is 14.9. The maximum atomic E-state index is 13.0. The molecule has 0 saturated heterocycles. The third kappa shape index (κ3) is 7.47. The van der Waals surface area contributed by atoms with Gasteiger partial charge in [-0.15, -0.1) is 11.3 Å². The van der Waals surface area contributed by atoms with Crippen LogP contribution in [0.3, 0.4) is 0 Å². The van der Waals surface area contributed by atoms with Crippen molar-refractivity contribution in [1.29, 1.82) is 0 Å². The number of aromatic nitrogens is 1. The predicted octanol–water partition coefficient (Wildman–Crippen LogP) is 7.06. The van der Waals surface area contributed by atoms with Crippen molar-refractivity contribution in [2.24, 2.45) is 0 Å². The molecule has 0 spiro atoms. The van der Waals surface area contributed by atoms with E-state index in [9.17, 15) is 22.8 Å². The van der Waals surface area contributed by atoms with E-state index in [0.29, 0.717) is 22.8 Å². The van der Waals surface area contributed by atoms with Gasteiger partial charge in [0.1, 0.15) is 23.0 Å². The molecule has 0 aliphatic rings. The third-order valence-electron chi connectivity index (χ3n) is 5.58. The molecule has 0 bridgehead atoms. The highest BCUT2D eigenvalue weighted by atomic mass is 32.1. The molecule has 0 saturated carbocycles. The molecule has 2 N–H and O–H groups in total. The molecule has 39 heavy (non-hydrogen) atoms. The molecule has 0 atom stereocenters. The fraction of sp³-hybridized carbons (Fsp3) is 0.250. The maximum absolute atomic E-state index is 13.0. The Hall–Kier alpha value is -4.12. The monoisotopic (exact) mass is 557 g/mol. The number of halogens is 3. The number of carbonyl (C=O) groups excluding carboxylic acids is 2. The summed E-state index contributed by atoms with van der Waals surface area (Å²) in [7, 11) is 0. The van der Waals surface area contributed by atoms with E-state index >= 15 is 0 Å². The van der Waals surface area contributed by atoms with Gasteiger partial charge in [-0.25, -0.2) is 0 Å². The molecular formula is C28H26F3N3O4S. The summed E-state index contributed by atoms with van der Waals surface area (Å²) < 4.78 is 49.8. The summed E-state index contributed by atoms with van der Waals surface area (Å²) in [6.45, 7) is 5.81. The second-order valence-corrected chi connectivity index (χ2v) is 10.7. The van der Waals surface area contributed by atoms with Crippen LogP contribution in [0.4, 0.5) is 24.7 Å². The van der Waals surface area contributed by atoms with E-state index in [-0.39, 0.29) is 35.0 Å². The number of thiophene rings is 1. The van der Waals surface area contributed by atoms with Crippen LogP contribution in [0.1, 0.15) is 52.9 Å². The first kappa shape index (κ1) is 27.9. The van der Waals surface area contributed by atoms with Crippen LogP contribution in [0.5, 0.6) is 5.75 Å². The number of rotatable bonds is 8. The summed E-state index contributed by atoms with van der Waals surface area (Å²) in [5.41, 5.74) is 0.578. The highest BCUT2D eigenvalue weighted by molar-refractivity contribution is 7.12. The Labute approximate surface area is 227 Å². The Bertz CT molecular complexity index is 1450. The summed E-state index contributed by atoms with van der Waals surface area (Å²) in [4.78, 5) is 25.5. The van der Waals surface area contributed by atoms with Gasteiger partial charge in [0.2, 0.25) is 5.91 Å². The topological polar surface area (TPSA) is 93.5 Å². The van der Waals surface area contributed by atoms with Gasteiger partial charge in [0, 0.05) is 17.2 Å². The Morgan fingerprint density at radius 3 is 2.38 bits per heavy atom. The molecule has 2 heterocycles. The molecule has 0 unspecified atom stereocenters. The Morgan fingerprint density at radius 2 is 1.72 bits per heavy atom. The average Bonchev–Trinajstić information content (AvgIpc) is 3.53. The molecular weight excluding hydrogens is 531 g/mol. The molecule has 4 aromatic rings. The molecule has 2 aromatic heterocycles. The first-order valence-corrected chi connectivity index (χ1v) is 12.8. The van der Waals surface area contributed by atoms with Crippen LogP contribution < -0.4 is 15.4 Å². The first-order valence-electron chi connectivity index (χ1n) is 11.9. The zero-order valence-electron chi connectivity index (χ0n) is 21.4. The molecule has 0 aliphatic heterocycles. The van der Waals surface area contributed by atoms with E-state index in [4.69, 9.17) is 9.26 Å². The molecule has 2 aromatic carbocycles. The molecule has 4 rings (SSSR count). The summed E-state index contributed by atoms with van der Waals surface area (Å²) in [6.07, 6.45) is -4.35. The van der Waals surface area contributed by atoms with Gasteiger partial charge in [-0.2, -0.15) is 13.2 Å². The van der Waals surface area contributed by atoms with Crippen molar-refractivity contribution in [1.82, 2.24) is 5.16 Å². The molecule has 0 aliphatic carbocycles. The zero-order valence-corrected chi connectivity index (χ0v) is 22.2. The number of carbonyl (C=O) groups is 2. The SMILES string of the molecule is CC(C)(C)c1cc(NC(=O)Cc2ccc(NC(=O)c3sccc3OCc3cccc(C(F)(F)F)c3)cc2)no1. The van der Waals surface area contributed by atoms with Crippen LogP contribution in [0, 0.1) is 0 Å². The highest BCUT2D eigenvalue weighted by Gasteiger charge is 2.30. The lowest BCUT2D eigenvalue weighted by atomic mass is 9.93. The second-order valence-electron chi connectivity index (χ2n) is 9.80. The van der Waals surface area contributed by atoms with Crippen molar-refractivity contribution in [3.05, 3.63) is 93.4 Å². The van der Waals surface area contributed by atoms with Crippen LogP contribution in [-0.4, -0.2) is 17.0 Å². The minimum Gasteiger partial charge on any atom is -0.487 e. The van der Waals surface area contributed by atoms with Crippen molar-refractivity contribution in [3.8, 4) is 5.75 Å². The van der Waals surface area contributed by atoms with Crippen molar-refractivity contribution in [2.45, 2.75) is 45.4 Å². The number of anilines is 2. The molecule has 7 nitrogen and oxygen atoms in total. The molecule has 0 fully saturated rings. The van der Waals surface area contributed by atoms with Crippen LogP contribution in [0.2, 0.25) is 0 Å². The van der Waals surface area contributed by atoms with Crippen molar-refractivity contribution < 1.29 is 32.0 Å². The van der Waals surface area contributed by atoms with Gasteiger partial charge >= 0.3 is 6.18 Å². The number of ether oxygens (including phenoxy) is 1. The van der Waals surface area contributed by atoms with Gasteiger partial charge in [0.05, 0.1) is 12.0 Å². The third-order valence-corrected chi connectivity index (χ3v) is 6.47. The largest absolute Gasteiger partial charge is 0.487 e. The summed E-state index contributed by atoms with van der Waals surface area (Å²) in [5, 5.41) is 11.0. The second kappa shape index (κ2) is 11.3. The fourth-order valence-electron chi connectivity index (χ4n) is 3.53.